The van der Waals surface area contributed by atoms with Crippen molar-refractivity contribution in [3.8, 4) is 0 Å². The highest BCUT2D eigenvalue weighted by atomic mass is 35.5. The summed E-state index contributed by atoms with van der Waals surface area (Å²) in [5.74, 6) is -0.474. The second-order valence-corrected chi connectivity index (χ2v) is 10.8. The Kier molecular flexibility index (Phi) is 6.01. The van der Waals surface area contributed by atoms with Gasteiger partial charge in [-0.05, 0) is 67.4 Å². The van der Waals surface area contributed by atoms with E-state index in [1.165, 1.54) is 16.2 Å². The van der Waals surface area contributed by atoms with Gasteiger partial charge < -0.3 is 4.42 Å². The smallest absolute Gasteiger partial charge is 0.349 e. The zero-order chi connectivity index (χ0) is 26.6. The van der Waals surface area contributed by atoms with E-state index in [2.05, 4.69) is 5.10 Å². The van der Waals surface area contributed by atoms with Gasteiger partial charge in [0.2, 0.25) is 0 Å². The van der Waals surface area contributed by atoms with Crippen molar-refractivity contribution in [1.29, 1.82) is 0 Å². The Morgan fingerprint density at radius 3 is 2.66 bits per heavy atom. The molecule has 190 valence electrons. The fourth-order valence-electron chi connectivity index (χ4n) is 4.80. The molecule has 1 amide bonds. The molecule has 38 heavy (non-hydrogen) atoms. The molecule has 0 saturated carbocycles. The first kappa shape index (κ1) is 24.3. The van der Waals surface area contributed by atoms with Crippen LogP contribution in [-0.4, -0.2) is 27.2 Å². The molecule has 7 nitrogen and oxygen atoms in total. The monoisotopic (exact) mass is 542 g/mol. The van der Waals surface area contributed by atoms with Crippen molar-refractivity contribution in [2.45, 2.75) is 27.3 Å². The normalized spacial score (nSPS) is 11.6. The van der Waals surface area contributed by atoms with Crippen LogP contribution in [0.25, 0.3) is 32.0 Å². The molecule has 0 N–H and O–H groups in total. The molecule has 0 saturated heterocycles. The van der Waals surface area contributed by atoms with Gasteiger partial charge in [0.25, 0.3) is 5.91 Å². The second-order valence-electron chi connectivity index (χ2n) is 9.32. The van der Waals surface area contributed by atoms with Crippen molar-refractivity contribution in [3.63, 3.8) is 0 Å². The summed E-state index contributed by atoms with van der Waals surface area (Å²) < 4.78 is 8.35. The van der Waals surface area contributed by atoms with E-state index in [9.17, 15) is 9.59 Å². The van der Waals surface area contributed by atoms with Crippen molar-refractivity contribution >= 4 is 65.9 Å². The lowest BCUT2D eigenvalue weighted by Crippen LogP contribution is -2.36. The number of aryl methyl sites for hydroxylation is 3. The van der Waals surface area contributed by atoms with Gasteiger partial charge in [0.05, 0.1) is 22.5 Å². The van der Waals surface area contributed by atoms with Gasteiger partial charge in [-0.1, -0.05) is 53.3 Å². The number of anilines is 1. The number of carbonyl (C=O) groups is 1. The van der Waals surface area contributed by atoms with Gasteiger partial charge in [-0.3, -0.25) is 14.4 Å². The average molecular weight is 543 g/mol. The summed E-state index contributed by atoms with van der Waals surface area (Å²) in [5.41, 5.74) is 3.27. The van der Waals surface area contributed by atoms with Gasteiger partial charge in [-0.15, -0.1) is 0 Å². The third-order valence-electron chi connectivity index (χ3n) is 6.63. The molecule has 0 atom stereocenters. The number of halogens is 1. The predicted molar refractivity (Wildman–Crippen MR) is 153 cm³/mol. The van der Waals surface area contributed by atoms with E-state index in [4.69, 9.17) is 21.0 Å². The molecular formula is C29H23ClN4O3S. The van der Waals surface area contributed by atoms with Crippen molar-refractivity contribution in [2.24, 2.45) is 0 Å². The van der Waals surface area contributed by atoms with Crippen LogP contribution in [0.15, 0.2) is 69.9 Å². The first-order chi connectivity index (χ1) is 18.3. The Morgan fingerprint density at radius 2 is 1.87 bits per heavy atom. The van der Waals surface area contributed by atoms with E-state index < -0.39 is 11.5 Å². The molecule has 9 heteroatoms. The Hall–Kier alpha value is -4.01. The third-order valence-corrected chi connectivity index (χ3v) is 7.87. The van der Waals surface area contributed by atoms with Crippen LogP contribution in [0.5, 0.6) is 0 Å². The molecule has 0 spiro atoms. The van der Waals surface area contributed by atoms with Crippen LogP contribution in [0.2, 0.25) is 5.02 Å². The maximum Gasteiger partial charge on any atom is 0.349 e. The van der Waals surface area contributed by atoms with E-state index in [0.29, 0.717) is 27.7 Å². The fourth-order valence-corrected chi connectivity index (χ4v) is 6.25. The quantitative estimate of drug-likeness (QED) is 0.179. The predicted octanol–water partition coefficient (Wildman–Crippen LogP) is 6.68. The molecule has 6 rings (SSSR count). The number of benzene rings is 3. The van der Waals surface area contributed by atoms with E-state index in [1.807, 2.05) is 74.0 Å². The SMILES string of the molecule is Cc1cc(C)n(CCN(C(=O)c2cc3c(ccc4ccccc43)oc2=O)c2nc3c(C)cc(Cl)cc3s2)n1. The van der Waals surface area contributed by atoms with E-state index in [-0.39, 0.29) is 12.1 Å². The van der Waals surface area contributed by atoms with Crippen LogP contribution in [0.1, 0.15) is 27.3 Å². The summed E-state index contributed by atoms with van der Waals surface area (Å²) in [5, 5.41) is 8.22. The summed E-state index contributed by atoms with van der Waals surface area (Å²) >= 11 is 7.65. The van der Waals surface area contributed by atoms with Crippen molar-refractivity contribution in [1.82, 2.24) is 14.8 Å². The number of carbonyl (C=O) groups excluding carboxylic acids is 1. The maximum atomic E-state index is 14.1. The third kappa shape index (κ3) is 4.25. The minimum Gasteiger partial charge on any atom is -0.422 e. The summed E-state index contributed by atoms with van der Waals surface area (Å²) in [6.07, 6.45) is 0. The molecule has 0 aliphatic heterocycles. The van der Waals surface area contributed by atoms with E-state index >= 15 is 0 Å². The highest BCUT2D eigenvalue weighted by Gasteiger charge is 2.26. The lowest BCUT2D eigenvalue weighted by Gasteiger charge is -2.20. The van der Waals surface area contributed by atoms with Crippen LogP contribution in [0.4, 0.5) is 5.13 Å². The van der Waals surface area contributed by atoms with Gasteiger partial charge in [0.15, 0.2) is 5.13 Å². The highest BCUT2D eigenvalue weighted by Crippen LogP contribution is 2.34. The lowest BCUT2D eigenvalue weighted by molar-refractivity contribution is 0.0982. The van der Waals surface area contributed by atoms with Gasteiger partial charge in [0, 0.05) is 22.6 Å². The maximum absolute atomic E-state index is 14.1. The number of thiazole rings is 1. The standard InChI is InChI=1S/C29H23ClN4O3S/c1-16-12-20(30)14-25-26(16)31-29(38-25)33(10-11-34-18(3)13-17(2)32-34)27(35)23-15-22-21-7-5-4-6-19(21)8-9-24(22)37-28(23)36/h4-9,12-15H,10-11H2,1-3H3. The number of hydrogen-bond donors (Lipinski definition) is 0. The average Bonchev–Trinajstić information content (AvgIpc) is 3.45. The molecule has 3 aromatic heterocycles. The van der Waals surface area contributed by atoms with Gasteiger partial charge in [0.1, 0.15) is 11.1 Å². The van der Waals surface area contributed by atoms with Gasteiger partial charge in [-0.25, -0.2) is 9.78 Å². The number of aromatic nitrogens is 3. The number of fused-ring (bicyclic) bond motifs is 4. The first-order valence-corrected chi connectivity index (χ1v) is 13.3. The molecule has 0 fully saturated rings. The Bertz CT molecular complexity index is 1940. The number of hydrogen-bond acceptors (Lipinski definition) is 6. The van der Waals surface area contributed by atoms with Crippen LogP contribution < -0.4 is 10.5 Å². The van der Waals surface area contributed by atoms with Crippen LogP contribution >= 0.6 is 22.9 Å². The molecular weight excluding hydrogens is 520 g/mol. The summed E-state index contributed by atoms with van der Waals surface area (Å²) in [4.78, 5) is 33.5. The Morgan fingerprint density at radius 1 is 1.05 bits per heavy atom. The molecule has 6 aromatic rings. The zero-order valence-corrected chi connectivity index (χ0v) is 22.6. The summed E-state index contributed by atoms with van der Waals surface area (Å²) in [7, 11) is 0. The highest BCUT2D eigenvalue weighted by molar-refractivity contribution is 7.22. The Labute approximate surface area is 226 Å². The molecule has 3 aromatic carbocycles. The van der Waals surface area contributed by atoms with Crippen LogP contribution in [-0.2, 0) is 6.54 Å². The number of amides is 1. The van der Waals surface area contributed by atoms with E-state index in [0.717, 1.165) is 37.9 Å². The molecule has 0 unspecified atom stereocenters. The lowest BCUT2D eigenvalue weighted by atomic mass is 10.0. The topological polar surface area (TPSA) is 81.2 Å². The zero-order valence-electron chi connectivity index (χ0n) is 21.0. The summed E-state index contributed by atoms with van der Waals surface area (Å²) in [6.45, 7) is 6.53. The van der Waals surface area contributed by atoms with Crippen molar-refractivity contribution in [2.75, 3.05) is 11.4 Å². The minimum atomic E-state index is -0.686. The fraction of sp³-hybridized carbons (Fsp3) is 0.172. The Balaban J connectivity index is 1.48. The van der Waals surface area contributed by atoms with Crippen LogP contribution in [0.3, 0.4) is 0 Å². The van der Waals surface area contributed by atoms with Crippen molar-refractivity contribution < 1.29 is 9.21 Å². The van der Waals surface area contributed by atoms with Crippen LogP contribution in [0, 0.1) is 20.8 Å². The van der Waals surface area contributed by atoms with Gasteiger partial charge >= 0.3 is 5.63 Å². The van der Waals surface area contributed by atoms with Gasteiger partial charge in [-0.2, -0.15) is 5.10 Å². The van der Waals surface area contributed by atoms with E-state index in [1.54, 1.807) is 12.1 Å². The molecule has 0 radical (unpaired) electrons. The molecule has 0 bridgehead atoms. The summed E-state index contributed by atoms with van der Waals surface area (Å²) in [6, 6.07) is 18.8. The second kappa shape index (κ2) is 9.38. The minimum absolute atomic E-state index is 0.0452. The van der Waals surface area contributed by atoms with Crippen molar-refractivity contribution in [3.05, 3.63) is 98.6 Å². The molecule has 0 aliphatic carbocycles. The largest absolute Gasteiger partial charge is 0.422 e. The number of rotatable bonds is 5. The number of nitrogens with zero attached hydrogens (tertiary/aromatic N) is 4. The molecule has 3 heterocycles. The molecule has 0 aliphatic rings. The first-order valence-electron chi connectivity index (χ1n) is 12.1.